The maximum absolute atomic E-state index is 6.36. The molecule has 5 rings (SSSR count). The van der Waals surface area contributed by atoms with E-state index in [9.17, 15) is 0 Å². The minimum Gasteiger partial charge on any atom is -0.492 e. The Balaban J connectivity index is 1.44. The Kier molecular flexibility index (Phi) is 6.79. The summed E-state index contributed by atoms with van der Waals surface area (Å²) in [5, 5.41) is 0. The Morgan fingerprint density at radius 3 is 2.21 bits per heavy atom. The molecule has 0 bridgehead atoms. The summed E-state index contributed by atoms with van der Waals surface area (Å²) in [7, 11) is 3.79. The fraction of sp³-hybridized carbons (Fsp3) is 0.267. The van der Waals surface area contributed by atoms with Crippen molar-refractivity contribution in [3.05, 3.63) is 119 Å². The van der Waals surface area contributed by atoms with Gasteiger partial charge in [0.15, 0.2) is 0 Å². The number of methoxy groups -OCH3 is 1. The van der Waals surface area contributed by atoms with Gasteiger partial charge in [-0.05, 0) is 40.8 Å². The number of hydrogen-bond acceptors (Lipinski definition) is 4. The Morgan fingerprint density at radius 2 is 1.59 bits per heavy atom. The lowest BCUT2D eigenvalue weighted by molar-refractivity contribution is 0.0453. The quantitative estimate of drug-likeness (QED) is 0.472. The van der Waals surface area contributed by atoms with Gasteiger partial charge in [0.1, 0.15) is 18.6 Å². The number of benzene rings is 3. The molecule has 4 heteroatoms. The van der Waals surface area contributed by atoms with Gasteiger partial charge in [-0.3, -0.25) is 4.90 Å². The van der Waals surface area contributed by atoms with Crippen molar-refractivity contribution in [2.75, 3.05) is 20.8 Å². The van der Waals surface area contributed by atoms with E-state index >= 15 is 0 Å². The maximum Gasteiger partial charge on any atom is 0.148 e. The third-order valence-corrected chi connectivity index (χ3v) is 6.71. The molecule has 2 atom stereocenters. The molecule has 0 amide bonds. The van der Waals surface area contributed by atoms with E-state index in [-0.39, 0.29) is 12.3 Å². The average Bonchev–Trinajstić information content (AvgIpc) is 2.89. The average molecular weight is 453 g/mol. The Bertz CT molecular complexity index is 1120. The molecule has 2 aliphatic rings. The fourth-order valence-corrected chi connectivity index (χ4v) is 4.91. The molecule has 1 unspecified atom stereocenters. The Hall–Kier alpha value is -3.34. The van der Waals surface area contributed by atoms with Crippen molar-refractivity contribution in [3.8, 4) is 5.75 Å². The van der Waals surface area contributed by atoms with E-state index in [4.69, 9.17) is 9.47 Å². The molecule has 0 saturated heterocycles. The van der Waals surface area contributed by atoms with Crippen molar-refractivity contribution < 1.29 is 9.47 Å². The van der Waals surface area contributed by atoms with Crippen LogP contribution in [0.4, 0.5) is 0 Å². The predicted molar refractivity (Wildman–Crippen MR) is 137 cm³/mol. The second-order valence-corrected chi connectivity index (χ2v) is 9.06. The smallest absolute Gasteiger partial charge is 0.148 e. The highest BCUT2D eigenvalue weighted by Gasteiger charge is 2.28. The number of rotatable bonds is 7. The largest absolute Gasteiger partial charge is 0.492 e. The molecular formula is C30H32N2O2. The van der Waals surface area contributed by atoms with Crippen molar-refractivity contribution in [1.29, 1.82) is 0 Å². The number of allylic oxidation sites excluding steroid dienone is 2. The molecule has 0 aliphatic carbocycles. The molecule has 3 aromatic carbocycles. The lowest BCUT2D eigenvalue weighted by Crippen LogP contribution is -2.42. The van der Waals surface area contributed by atoms with Crippen LogP contribution >= 0.6 is 0 Å². The van der Waals surface area contributed by atoms with Gasteiger partial charge >= 0.3 is 0 Å². The van der Waals surface area contributed by atoms with Gasteiger partial charge in [0.05, 0.1) is 0 Å². The summed E-state index contributed by atoms with van der Waals surface area (Å²) in [5.74, 6) is 0.999. The van der Waals surface area contributed by atoms with Gasteiger partial charge in [0.2, 0.25) is 0 Å². The summed E-state index contributed by atoms with van der Waals surface area (Å²) >= 11 is 0. The number of ether oxygens (including phenoxy) is 2. The summed E-state index contributed by atoms with van der Waals surface area (Å²) in [6.45, 7) is 2.47. The SMILES string of the molecule is COC1C=CC(c2cccc3c2C[C@H](N(Cc2ccccc2)Cc2ccccc2)CO3)=CN1C. The molecule has 0 spiro atoms. The molecule has 174 valence electrons. The minimum absolute atomic E-state index is 0.0282. The van der Waals surface area contributed by atoms with E-state index in [0.717, 1.165) is 25.3 Å². The first kappa shape index (κ1) is 22.5. The third kappa shape index (κ3) is 4.93. The van der Waals surface area contributed by atoms with Gasteiger partial charge in [0.25, 0.3) is 0 Å². The molecule has 34 heavy (non-hydrogen) atoms. The summed E-state index contributed by atoms with van der Waals surface area (Å²) in [5.41, 5.74) is 6.35. The second-order valence-electron chi connectivity index (χ2n) is 9.06. The molecule has 0 radical (unpaired) electrons. The maximum atomic E-state index is 6.36. The van der Waals surface area contributed by atoms with Gasteiger partial charge < -0.3 is 14.4 Å². The van der Waals surface area contributed by atoms with Crippen molar-refractivity contribution in [3.63, 3.8) is 0 Å². The first-order chi connectivity index (χ1) is 16.7. The first-order valence-electron chi connectivity index (χ1n) is 11.9. The highest BCUT2D eigenvalue weighted by atomic mass is 16.5. The van der Waals surface area contributed by atoms with Gasteiger partial charge in [-0.1, -0.05) is 78.9 Å². The van der Waals surface area contributed by atoms with E-state index in [1.165, 1.54) is 27.8 Å². The molecule has 0 saturated carbocycles. The van der Waals surface area contributed by atoms with Crippen LogP contribution in [0.5, 0.6) is 5.75 Å². The molecule has 0 fully saturated rings. The van der Waals surface area contributed by atoms with Crippen LogP contribution in [0.3, 0.4) is 0 Å². The first-order valence-corrected chi connectivity index (χ1v) is 11.9. The summed E-state index contributed by atoms with van der Waals surface area (Å²) in [4.78, 5) is 4.66. The molecule has 2 heterocycles. The van der Waals surface area contributed by atoms with Crippen molar-refractivity contribution in [2.45, 2.75) is 31.8 Å². The number of fused-ring (bicyclic) bond motifs is 1. The van der Waals surface area contributed by atoms with Crippen molar-refractivity contribution >= 4 is 5.57 Å². The second kappa shape index (κ2) is 10.3. The van der Waals surface area contributed by atoms with E-state index < -0.39 is 0 Å². The zero-order chi connectivity index (χ0) is 23.3. The zero-order valence-electron chi connectivity index (χ0n) is 19.9. The molecule has 4 nitrogen and oxygen atoms in total. The van der Waals surface area contributed by atoms with Crippen LogP contribution in [0.2, 0.25) is 0 Å². The molecule has 0 aromatic heterocycles. The fourth-order valence-electron chi connectivity index (χ4n) is 4.91. The summed E-state index contributed by atoms with van der Waals surface area (Å²) < 4.78 is 11.9. The van der Waals surface area contributed by atoms with E-state index in [1.54, 1.807) is 7.11 Å². The van der Waals surface area contributed by atoms with Gasteiger partial charge in [-0.25, -0.2) is 0 Å². The van der Waals surface area contributed by atoms with Crippen LogP contribution < -0.4 is 4.74 Å². The Labute approximate surface area is 202 Å². The number of hydrogen-bond donors (Lipinski definition) is 0. The third-order valence-electron chi connectivity index (χ3n) is 6.71. The molecular weight excluding hydrogens is 420 g/mol. The zero-order valence-corrected chi connectivity index (χ0v) is 19.9. The van der Waals surface area contributed by atoms with E-state index in [0.29, 0.717) is 6.61 Å². The predicted octanol–water partition coefficient (Wildman–Crippen LogP) is 5.51. The summed E-state index contributed by atoms with van der Waals surface area (Å²) in [6, 6.07) is 28.1. The minimum atomic E-state index is -0.0282. The van der Waals surface area contributed by atoms with Gasteiger partial charge in [-0.15, -0.1) is 0 Å². The van der Waals surface area contributed by atoms with Crippen LogP contribution in [0.1, 0.15) is 22.3 Å². The van der Waals surface area contributed by atoms with Crippen LogP contribution in [0.25, 0.3) is 5.57 Å². The van der Waals surface area contributed by atoms with Gasteiger partial charge in [-0.2, -0.15) is 0 Å². The van der Waals surface area contributed by atoms with E-state index in [1.807, 2.05) is 7.05 Å². The lowest BCUT2D eigenvalue weighted by atomic mass is 9.91. The monoisotopic (exact) mass is 452 g/mol. The lowest BCUT2D eigenvalue weighted by Gasteiger charge is -2.36. The summed E-state index contributed by atoms with van der Waals surface area (Å²) in [6.07, 6.45) is 7.36. The normalized spacial score (nSPS) is 19.5. The standard InChI is InChI=1S/C30H32N2O2/c1-31-21-25(16-17-30(31)33-2)27-14-9-15-29-28(27)18-26(22-34-29)32(19-23-10-5-3-6-11-23)20-24-12-7-4-8-13-24/h3-17,21,26,30H,18-20,22H2,1-2H3/t26-,30?/m0/s1. The van der Waals surface area contributed by atoms with Gasteiger partial charge in [0, 0.05) is 45.1 Å². The number of likely N-dealkylation sites (N-methyl/N-ethyl adjacent to an activating group) is 1. The number of nitrogens with zero attached hydrogens (tertiary/aromatic N) is 2. The van der Waals surface area contributed by atoms with E-state index in [2.05, 4.69) is 107 Å². The van der Waals surface area contributed by atoms with Crippen molar-refractivity contribution in [2.24, 2.45) is 0 Å². The molecule has 0 N–H and O–H groups in total. The highest BCUT2D eigenvalue weighted by Crippen LogP contribution is 2.35. The molecule has 3 aromatic rings. The van der Waals surface area contributed by atoms with Crippen LogP contribution in [0.15, 0.2) is 97.2 Å². The topological polar surface area (TPSA) is 24.9 Å². The molecule has 2 aliphatic heterocycles. The van der Waals surface area contributed by atoms with Crippen molar-refractivity contribution in [1.82, 2.24) is 9.80 Å². The van der Waals surface area contributed by atoms with Crippen LogP contribution in [0, 0.1) is 0 Å². The highest BCUT2D eigenvalue weighted by molar-refractivity contribution is 5.78. The van der Waals surface area contributed by atoms with Crippen LogP contribution in [-0.4, -0.2) is 42.8 Å². The Morgan fingerprint density at radius 1 is 0.912 bits per heavy atom. The van der Waals surface area contributed by atoms with Crippen LogP contribution in [-0.2, 0) is 24.2 Å².